The second-order valence-electron chi connectivity index (χ2n) is 10.8. The number of phosphoric acid groups is 1. The standard InChI is InChI=1S/C33H30N5O6P/c1-37-31(19-35-36-37)28-14-12-26(18-34-28)25-13-15-29-27(16-25)17-30-32(44-33(39)38(29)30)22-43-45(40,41-20-23-8-4-2-5-9-23)42-21-24-10-6-3-7-11-24/h2-16,18-19,30,32H,17,20-22H2,1H3/t30-,32-/m0/s1. The molecule has 0 aliphatic carbocycles. The SMILES string of the molecule is Cn1nncc1-c1ccc(-c2ccc3c(c2)C[C@H]2[C@H](COP(=O)(OCc4ccccc4)OCc4ccccc4)OC(=O)N32)cn1. The van der Waals surface area contributed by atoms with E-state index >= 15 is 0 Å². The van der Waals surface area contributed by atoms with Crippen molar-refractivity contribution in [2.75, 3.05) is 11.5 Å². The third-order valence-corrected chi connectivity index (χ3v) is 9.27. The molecule has 7 rings (SSSR count). The molecule has 0 spiro atoms. The normalized spacial score (nSPS) is 17.3. The number of pyridine rings is 1. The van der Waals surface area contributed by atoms with Crippen LogP contribution < -0.4 is 4.90 Å². The molecule has 11 nitrogen and oxygen atoms in total. The van der Waals surface area contributed by atoms with Crippen LogP contribution in [0.15, 0.2) is 103 Å². The van der Waals surface area contributed by atoms with Gasteiger partial charge in [-0.2, -0.15) is 0 Å². The Hall–Kier alpha value is -4.67. The minimum atomic E-state index is -4.03. The van der Waals surface area contributed by atoms with Crippen molar-refractivity contribution in [3.8, 4) is 22.5 Å². The van der Waals surface area contributed by atoms with Crippen LogP contribution in [0.3, 0.4) is 0 Å². The summed E-state index contributed by atoms with van der Waals surface area (Å²) < 4.78 is 38.5. The van der Waals surface area contributed by atoms with E-state index < -0.39 is 20.0 Å². The molecule has 0 bridgehead atoms. The zero-order valence-corrected chi connectivity index (χ0v) is 25.3. The monoisotopic (exact) mass is 623 g/mol. The lowest BCUT2D eigenvalue weighted by Crippen LogP contribution is -2.35. The number of fused-ring (bicyclic) bond motifs is 3. The highest BCUT2D eigenvalue weighted by molar-refractivity contribution is 7.48. The molecule has 0 saturated carbocycles. The highest BCUT2D eigenvalue weighted by Crippen LogP contribution is 2.52. The Bertz CT molecular complexity index is 1800. The number of hydrogen-bond donors (Lipinski definition) is 0. The number of anilines is 1. The summed E-state index contributed by atoms with van der Waals surface area (Å²) >= 11 is 0. The van der Waals surface area contributed by atoms with E-state index in [4.69, 9.17) is 18.3 Å². The third-order valence-electron chi connectivity index (χ3n) is 7.91. The molecule has 1 fully saturated rings. The van der Waals surface area contributed by atoms with Crippen LogP contribution in [0.4, 0.5) is 10.5 Å². The average Bonchev–Trinajstić information content (AvgIpc) is 3.77. The first-order chi connectivity index (χ1) is 22.0. The van der Waals surface area contributed by atoms with Crippen molar-refractivity contribution < 1.29 is 27.7 Å². The number of aromatic nitrogens is 4. The van der Waals surface area contributed by atoms with Crippen molar-refractivity contribution in [1.29, 1.82) is 0 Å². The van der Waals surface area contributed by atoms with Crippen LogP contribution in [0.1, 0.15) is 16.7 Å². The number of benzene rings is 3. The maximum absolute atomic E-state index is 13.8. The number of carbonyl (C=O) groups excluding carboxylic acids is 1. The van der Waals surface area contributed by atoms with Gasteiger partial charge in [0.15, 0.2) is 0 Å². The molecule has 2 aliphatic heterocycles. The van der Waals surface area contributed by atoms with Gasteiger partial charge < -0.3 is 4.74 Å². The van der Waals surface area contributed by atoms with Gasteiger partial charge in [-0.25, -0.2) is 14.0 Å². The molecule has 0 radical (unpaired) electrons. The summed E-state index contributed by atoms with van der Waals surface area (Å²) in [6, 6.07) is 28.3. The Labute approximate surface area is 260 Å². The molecule has 1 saturated heterocycles. The number of rotatable bonds is 11. The molecule has 12 heteroatoms. The van der Waals surface area contributed by atoms with Crippen molar-refractivity contribution in [3.63, 3.8) is 0 Å². The maximum atomic E-state index is 13.8. The molecule has 5 aromatic rings. The van der Waals surface area contributed by atoms with Gasteiger partial charge in [0, 0.05) is 18.8 Å². The van der Waals surface area contributed by atoms with Gasteiger partial charge in [0.25, 0.3) is 0 Å². The second kappa shape index (κ2) is 12.4. The minimum absolute atomic E-state index is 0.0376. The Kier molecular flexibility index (Phi) is 7.99. The van der Waals surface area contributed by atoms with Gasteiger partial charge >= 0.3 is 13.9 Å². The van der Waals surface area contributed by atoms with Gasteiger partial charge in [0.2, 0.25) is 0 Å². The van der Waals surface area contributed by atoms with Crippen LogP contribution >= 0.6 is 7.82 Å². The molecule has 0 unspecified atom stereocenters. The van der Waals surface area contributed by atoms with Gasteiger partial charge in [-0.3, -0.25) is 23.5 Å². The van der Waals surface area contributed by atoms with E-state index in [0.29, 0.717) is 6.42 Å². The number of aryl methyl sites for hydroxylation is 1. The number of ether oxygens (including phenoxy) is 1. The molecular weight excluding hydrogens is 593 g/mol. The largest absolute Gasteiger partial charge is 0.475 e. The van der Waals surface area contributed by atoms with Crippen molar-refractivity contribution >= 4 is 19.6 Å². The number of nitrogens with zero attached hydrogens (tertiary/aromatic N) is 5. The smallest absolute Gasteiger partial charge is 0.441 e. The molecule has 2 aromatic heterocycles. The highest BCUT2D eigenvalue weighted by Gasteiger charge is 2.48. The van der Waals surface area contributed by atoms with E-state index in [1.807, 2.05) is 98.2 Å². The van der Waals surface area contributed by atoms with Gasteiger partial charge in [0.1, 0.15) is 11.8 Å². The fourth-order valence-electron chi connectivity index (χ4n) is 5.57. The first-order valence-electron chi connectivity index (χ1n) is 14.5. The lowest BCUT2D eigenvalue weighted by molar-refractivity contribution is 0.0515. The summed E-state index contributed by atoms with van der Waals surface area (Å²) in [5.74, 6) is 0. The first kappa shape index (κ1) is 29.1. The summed E-state index contributed by atoms with van der Waals surface area (Å²) in [5.41, 5.74) is 6.95. The van der Waals surface area contributed by atoms with Gasteiger partial charge in [-0.1, -0.05) is 78.0 Å². The zero-order chi connectivity index (χ0) is 30.8. The molecule has 45 heavy (non-hydrogen) atoms. The van der Waals surface area contributed by atoms with E-state index in [-0.39, 0.29) is 25.9 Å². The fraction of sp³-hybridized carbons (Fsp3) is 0.212. The van der Waals surface area contributed by atoms with Crippen molar-refractivity contribution in [2.45, 2.75) is 31.8 Å². The summed E-state index contributed by atoms with van der Waals surface area (Å²) in [6.45, 7) is -0.0747. The number of carbonyl (C=O) groups is 1. The predicted molar refractivity (Wildman–Crippen MR) is 166 cm³/mol. The molecule has 1 amide bonds. The molecular formula is C33H30N5O6P. The van der Waals surface area contributed by atoms with Crippen LogP contribution in [-0.2, 0) is 49.6 Å². The van der Waals surface area contributed by atoms with E-state index in [1.165, 1.54) is 0 Å². The third kappa shape index (κ3) is 6.16. The van der Waals surface area contributed by atoms with Crippen LogP contribution in [0.25, 0.3) is 22.5 Å². The van der Waals surface area contributed by atoms with E-state index in [9.17, 15) is 9.36 Å². The Balaban J connectivity index is 1.05. The number of amides is 1. The topological polar surface area (TPSA) is 118 Å². The van der Waals surface area contributed by atoms with Crippen molar-refractivity contribution in [2.24, 2.45) is 7.05 Å². The molecule has 0 N–H and O–H groups in total. The quantitative estimate of drug-likeness (QED) is 0.155. The molecule has 3 aromatic carbocycles. The summed E-state index contributed by atoms with van der Waals surface area (Å²) in [6.07, 6.45) is 2.90. The van der Waals surface area contributed by atoms with Crippen molar-refractivity contribution in [3.05, 3.63) is 120 Å². The Morgan fingerprint density at radius 3 is 2.18 bits per heavy atom. The first-order valence-corrected chi connectivity index (χ1v) is 16.0. The average molecular weight is 624 g/mol. The predicted octanol–water partition coefficient (Wildman–Crippen LogP) is 6.35. The van der Waals surface area contributed by atoms with Gasteiger partial charge in [0.05, 0.1) is 43.4 Å². The number of phosphoric ester groups is 1. The van der Waals surface area contributed by atoms with Gasteiger partial charge in [-0.15, -0.1) is 5.10 Å². The summed E-state index contributed by atoms with van der Waals surface area (Å²) in [5, 5.41) is 7.89. The zero-order valence-electron chi connectivity index (χ0n) is 24.4. The Morgan fingerprint density at radius 1 is 0.867 bits per heavy atom. The fourth-order valence-corrected chi connectivity index (χ4v) is 6.74. The van der Waals surface area contributed by atoms with E-state index in [1.54, 1.807) is 15.8 Å². The maximum Gasteiger partial charge on any atom is 0.475 e. The van der Waals surface area contributed by atoms with Crippen LogP contribution in [-0.4, -0.2) is 44.8 Å². The molecule has 2 atom stereocenters. The second-order valence-corrected chi connectivity index (χ2v) is 12.5. The Morgan fingerprint density at radius 2 is 1.56 bits per heavy atom. The lowest BCUT2D eigenvalue weighted by atomic mass is 10.0. The minimum Gasteiger partial charge on any atom is -0.441 e. The molecule has 228 valence electrons. The van der Waals surface area contributed by atoms with Crippen LogP contribution in [0.5, 0.6) is 0 Å². The van der Waals surface area contributed by atoms with Gasteiger partial charge in [-0.05, 0) is 46.9 Å². The van der Waals surface area contributed by atoms with Crippen LogP contribution in [0, 0.1) is 0 Å². The lowest BCUT2D eigenvalue weighted by Gasteiger charge is -2.21. The van der Waals surface area contributed by atoms with E-state index in [2.05, 4.69) is 21.4 Å². The number of hydrogen-bond acceptors (Lipinski definition) is 9. The number of cyclic esters (lactones) is 1. The summed E-state index contributed by atoms with van der Waals surface area (Å²) in [4.78, 5) is 19.2. The summed E-state index contributed by atoms with van der Waals surface area (Å²) in [7, 11) is -2.21. The van der Waals surface area contributed by atoms with Crippen LogP contribution in [0.2, 0.25) is 0 Å². The van der Waals surface area contributed by atoms with E-state index in [0.717, 1.165) is 44.9 Å². The molecule has 4 heterocycles. The van der Waals surface area contributed by atoms with Crippen molar-refractivity contribution in [1.82, 2.24) is 20.0 Å². The molecule has 2 aliphatic rings. The highest BCUT2D eigenvalue weighted by atomic mass is 31.2.